The Morgan fingerprint density at radius 3 is 1.51 bits per heavy atom. The Morgan fingerprint density at radius 2 is 1.05 bits per heavy atom. The molecule has 9 atom stereocenters. The van der Waals surface area contributed by atoms with Crippen LogP contribution in [-0.4, -0.2) is 197 Å². The molecule has 20 N–H and O–H groups in total. The highest BCUT2D eigenvalue weighted by Crippen LogP contribution is 2.25. The quantitative estimate of drug-likeness (QED) is 0.0136. The number of aliphatic hydroxyl groups excluding tert-OH is 1. The van der Waals surface area contributed by atoms with E-state index in [-0.39, 0.29) is 94.9 Å². The van der Waals surface area contributed by atoms with Crippen LogP contribution >= 0.6 is 0 Å². The van der Waals surface area contributed by atoms with Gasteiger partial charge in [0.2, 0.25) is 59.1 Å². The third-order valence-corrected chi connectivity index (χ3v) is 17.8. The summed E-state index contributed by atoms with van der Waals surface area (Å²) in [6.45, 7) is -1.57. The highest BCUT2D eigenvalue weighted by molar-refractivity contribution is 6.00. The van der Waals surface area contributed by atoms with Crippen LogP contribution in [0.2, 0.25) is 0 Å². The molecule has 10 rings (SSSR count). The molecule has 0 aliphatic carbocycles. The van der Waals surface area contributed by atoms with Crippen LogP contribution in [0.1, 0.15) is 66.5 Å². The molecule has 4 aromatic carbocycles. The molecule has 0 unspecified atom stereocenters. The van der Waals surface area contributed by atoms with Gasteiger partial charge in [-0.3, -0.25) is 58.1 Å². The number of likely N-dealkylation sites (tertiary alicyclic amines) is 1. The summed E-state index contributed by atoms with van der Waals surface area (Å²) in [5.74, 6) is -9.84. The van der Waals surface area contributed by atoms with E-state index < -0.39 is 127 Å². The molecular formula is C69H80N18O14. The molecule has 101 heavy (non-hydrogen) atoms. The molecule has 0 spiro atoms. The number of aromatic amines is 4. The Kier molecular flexibility index (Phi) is 23.7. The first kappa shape index (κ1) is 71.7. The van der Waals surface area contributed by atoms with Crippen molar-refractivity contribution >= 4 is 104 Å². The molecule has 0 radical (unpaired) electrons. The maximum Gasteiger partial charge on any atom is 0.322 e. The third kappa shape index (κ3) is 18.8. The highest BCUT2D eigenvalue weighted by atomic mass is 16.4. The number of benzene rings is 4. The van der Waals surface area contributed by atoms with Crippen molar-refractivity contribution in [2.75, 3.05) is 26.2 Å². The monoisotopic (exact) mass is 1380 g/mol. The van der Waals surface area contributed by atoms with Crippen molar-refractivity contribution in [2.45, 2.75) is 125 Å². The van der Waals surface area contributed by atoms with E-state index in [0.29, 0.717) is 67.1 Å². The van der Waals surface area contributed by atoms with Crippen molar-refractivity contribution in [2.24, 2.45) is 5.73 Å². The van der Waals surface area contributed by atoms with Gasteiger partial charge in [-0.25, -0.2) is 4.98 Å². The van der Waals surface area contributed by atoms with Crippen LogP contribution in [-0.2, 0) is 84.8 Å². The maximum atomic E-state index is 15.5. The summed E-state index contributed by atoms with van der Waals surface area (Å²) >= 11 is 0. The summed E-state index contributed by atoms with van der Waals surface area (Å²) in [7, 11) is 0. The number of nitrogens with two attached hydrogens (primary N) is 1. The Bertz CT molecular complexity index is 4340. The zero-order chi connectivity index (χ0) is 71.7. The molecule has 2 aliphatic heterocycles. The molecule has 2 saturated heterocycles. The number of para-hydroxylation sites is 3. The molecular weight excluding hydrogens is 1300 g/mol. The average Bonchev–Trinajstić information content (AvgIpc) is 1.82. The Balaban J connectivity index is 0.933. The van der Waals surface area contributed by atoms with E-state index in [0.717, 1.165) is 0 Å². The Labute approximate surface area is 576 Å². The second kappa shape index (κ2) is 33.4. The van der Waals surface area contributed by atoms with E-state index in [2.05, 4.69) is 78.1 Å². The van der Waals surface area contributed by atoms with Crippen molar-refractivity contribution in [3.8, 4) is 5.75 Å². The van der Waals surface area contributed by atoms with Crippen molar-refractivity contribution in [1.29, 1.82) is 5.41 Å². The van der Waals surface area contributed by atoms with Gasteiger partial charge in [-0.1, -0.05) is 66.7 Å². The van der Waals surface area contributed by atoms with Crippen molar-refractivity contribution < 1.29 is 68.1 Å². The number of rotatable bonds is 33. The highest BCUT2D eigenvalue weighted by Gasteiger charge is 2.40. The number of aliphatic hydroxyl groups is 1. The number of aromatic nitrogens is 5. The fraction of sp³-hybridized carbons (Fsp3) is 0.348. The molecule has 32 heteroatoms. The number of amides is 10. The second-order valence-corrected chi connectivity index (χ2v) is 24.9. The number of carbonyl (C=O) groups excluding carboxylic acids is 10. The standard InChI is InChI=1S/C69H80N18O14/c70-69(71)73-23-7-15-50(68(101)87-24-8-16-57(87)67(100)77-34-59(91)92)80-62(95)52(26-38-30-74-46-12-4-1-9-43(38)46)83-63(96)53(27-39-31-75-47-13-5-2-10-44(39)47)82-61(94)51(25-37-17-19-42(89)20-18-37)81-66(99)56(35-88)86-64(97)54(28-40-32-76-48-14-6-3-11-45(40)48)84-65(98)55(29-41-33-72-36-78-41)85-60(93)49-21-22-58(90)79-49/h1-6,9-14,17-20,30-33,36,49-57,74-76,88-89H,7-8,15-16,21-29,34-35H2,(H,72,78)(H,77,100)(H,79,90)(H,80,95)(H,81,99)(H,82,94)(H,83,96)(H,84,98)(H,85,93)(H,86,97)(H,91,92)(H4,70,71,73)/t49-,50-,51-,52-,53+,54-,55-,56-,57-/m0/s1. The van der Waals surface area contributed by atoms with Crippen LogP contribution in [0.25, 0.3) is 32.7 Å². The summed E-state index contributed by atoms with van der Waals surface area (Å²) < 4.78 is 0. The third-order valence-electron chi connectivity index (χ3n) is 17.8. The first-order chi connectivity index (χ1) is 48.7. The molecule has 10 amide bonds. The molecule has 530 valence electrons. The summed E-state index contributed by atoms with van der Waals surface area (Å²) in [6.07, 6.45) is 7.65. The number of hydrogen-bond acceptors (Lipinski definition) is 15. The van der Waals surface area contributed by atoms with E-state index in [1.165, 1.54) is 41.7 Å². The van der Waals surface area contributed by atoms with E-state index in [1.807, 2.05) is 6.07 Å². The van der Waals surface area contributed by atoms with Gasteiger partial charge in [0, 0.05) is 109 Å². The molecule has 32 nitrogen and oxygen atoms in total. The van der Waals surface area contributed by atoms with Crippen LogP contribution in [0.5, 0.6) is 5.75 Å². The van der Waals surface area contributed by atoms with Gasteiger partial charge in [0.1, 0.15) is 66.7 Å². The number of guanidine groups is 1. The molecule has 0 saturated carbocycles. The number of phenolic OH excluding ortho intramolecular Hbond substituents is 1. The Hall–Kier alpha value is -12.1. The summed E-state index contributed by atoms with van der Waals surface area (Å²) in [4.78, 5) is 173. The number of fused-ring (bicyclic) bond motifs is 3. The van der Waals surface area contributed by atoms with E-state index in [1.54, 1.807) is 85.3 Å². The van der Waals surface area contributed by atoms with Crippen molar-refractivity contribution in [3.05, 3.63) is 156 Å². The minimum atomic E-state index is -1.83. The first-order valence-electron chi connectivity index (χ1n) is 33.0. The number of carboxylic acid groups (broad SMARTS) is 1. The zero-order valence-electron chi connectivity index (χ0n) is 54.7. The first-order valence-corrected chi connectivity index (χ1v) is 33.0. The van der Waals surface area contributed by atoms with Gasteiger partial charge >= 0.3 is 5.97 Å². The van der Waals surface area contributed by atoms with E-state index in [9.17, 15) is 53.7 Å². The SMILES string of the molecule is N=C(N)NCCC[C@H](NC(=O)[C@H](Cc1c[nH]c2ccccc12)NC(=O)[C@@H](Cc1c[nH]c2ccccc12)NC(=O)[C@H](Cc1ccc(O)cc1)NC(=O)[C@H](CO)NC(=O)[C@H](Cc1c[nH]c2ccccc12)NC(=O)[C@H](Cc1c[nH]cn1)NC(=O)[C@@H]1CCC(=O)N1)C(=O)N1CCC[C@H]1C(=O)NCC(=O)O. The Morgan fingerprint density at radius 1 is 0.574 bits per heavy atom. The van der Waals surface area contributed by atoms with Gasteiger partial charge in [-0.15, -0.1) is 0 Å². The number of phenols is 1. The number of nitrogens with zero attached hydrogens (tertiary/aromatic N) is 2. The minimum Gasteiger partial charge on any atom is -0.508 e. The fourth-order valence-corrected chi connectivity index (χ4v) is 12.6. The van der Waals surface area contributed by atoms with Crippen LogP contribution in [0.3, 0.4) is 0 Å². The molecule has 0 bridgehead atoms. The van der Waals surface area contributed by atoms with Crippen molar-refractivity contribution in [1.82, 2.24) is 83.0 Å². The predicted octanol–water partition coefficient (Wildman–Crippen LogP) is -0.808. The van der Waals surface area contributed by atoms with Crippen molar-refractivity contribution in [3.63, 3.8) is 0 Å². The van der Waals surface area contributed by atoms with Gasteiger partial charge in [0.05, 0.1) is 18.6 Å². The molecule has 2 aliphatic rings. The summed E-state index contributed by atoms with van der Waals surface area (Å²) in [6, 6.07) is 14.4. The lowest BCUT2D eigenvalue weighted by Crippen LogP contribution is -2.62. The topological polar surface area (TPSA) is 498 Å². The van der Waals surface area contributed by atoms with Crippen LogP contribution < -0.4 is 58.9 Å². The average molecular weight is 1390 g/mol. The summed E-state index contributed by atoms with van der Waals surface area (Å²) in [5, 5.41) is 67.0. The maximum absolute atomic E-state index is 15.5. The lowest BCUT2D eigenvalue weighted by molar-refractivity contribution is -0.143. The predicted molar refractivity (Wildman–Crippen MR) is 366 cm³/mol. The fourth-order valence-electron chi connectivity index (χ4n) is 12.6. The second-order valence-electron chi connectivity index (χ2n) is 24.9. The lowest BCUT2D eigenvalue weighted by atomic mass is 10.00. The number of hydrogen-bond donors (Lipinski definition) is 19. The van der Waals surface area contributed by atoms with Crippen LogP contribution in [0.4, 0.5) is 0 Å². The van der Waals surface area contributed by atoms with Gasteiger partial charge in [0.15, 0.2) is 5.96 Å². The number of H-pyrrole nitrogens is 4. The van der Waals surface area contributed by atoms with Gasteiger partial charge < -0.3 is 99.1 Å². The number of nitrogens with one attached hydrogen (secondary N) is 15. The van der Waals surface area contributed by atoms with E-state index in [4.69, 9.17) is 11.1 Å². The molecule has 8 aromatic rings. The molecule has 6 heterocycles. The van der Waals surface area contributed by atoms with Gasteiger partial charge in [-0.2, -0.15) is 0 Å². The zero-order valence-corrected chi connectivity index (χ0v) is 54.7. The van der Waals surface area contributed by atoms with Gasteiger partial charge in [-0.05, 0) is 84.7 Å². The van der Waals surface area contributed by atoms with Gasteiger partial charge in [0.25, 0.3) is 0 Å². The number of carboxylic acids is 1. The summed E-state index contributed by atoms with van der Waals surface area (Å²) in [5.41, 5.74) is 10.0. The van der Waals surface area contributed by atoms with Crippen LogP contribution in [0.15, 0.2) is 128 Å². The smallest absolute Gasteiger partial charge is 0.322 e. The normalized spacial score (nSPS) is 16.3. The number of aromatic hydroxyl groups is 1. The number of imidazole rings is 1. The number of aliphatic carboxylic acids is 1. The molecule has 4 aromatic heterocycles. The largest absolute Gasteiger partial charge is 0.508 e. The lowest BCUT2D eigenvalue weighted by Gasteiger charge is -2.30. The minimum absolute atomic E-state index is 0.0620. The number of carbonyl (C=O) groups is 11. The van der Waals surface area contributed by atoms with E-state index >= 15 is 14.4 Å². The van der Waals surface area contributed by atoms with Crippen LogP contribution in [0, 0.1) is 5.41 Å². The molecule has 2 fully saturated rings.